The van der Waals surface area contributed by atoms with Crippen LogP contribution in [0.2, 0.25) is 0 Å². The van der Waals surface area contributed by atoms with Crippen LogP contribution < -0.4 is 0 Å². The maximum atomic E-state index is 3.51. The Balaban J connectivity index is 0.000000130. The third kappa shape index (κ3) is 8.09. The van der Waals surface area contributed by atoms with Crippen molar-refractivity contribution in [2.45, 2.75) is 7.43 Å². The monoisotopic (exact) mass is 1040 g/mol. The van der Waals surface area contributed by atoms with Crippen LogP contribution in [-0.2, 0) is 0 Å². The average Bonchev–Trinajstić information content (AvgIpc) is 4.01. The number of fused-ring (bicyclic) bond motifs is 12. The first kappa shape index (κ1) is 41.4. The number of rotatable bonds is 3. The van der Waals surface area contributed by atoms with Gasteiger partial charge in [-0.2, -0.15) is 0 Å². The fraction of sp³-hybridized carbons (Fsp3) is 0.0175. The van der Waals surface area contributed by atoms with E-state index in [0.29, 0.717) is 0 Å². The maximum Gasteiger partial charge on any atom is 0.0613 e. The van der Waals surface area contributed by atoms with Gasteiger partial charge >= 0.3 is 0 Å². The Morgan fingerprint density at radius 3 is 1.16 bits per heavy atom. The number of aromatic amines is 1. The van der Waals surface area contributed by atoms with Crippen molar-refractivity contribution in [3.8, 4) is 27.9 Å². The van der Waals surface area contributed by atoms with Gasteiger partial charge in [0, 0.05) is 52.1 Å². The molecule has 0 bridgehead atoms. The van der Waals surface area contributed by atoms with Crippen molar-refractivity contribution in [1.29, 1.82) is 0 Å². The van der Waals surface area contributed by atoms with Gasteiger partial charge in [-0.1, -0.05) is 185 Å². The molecule has 2 aromatic heterocycles. The summed E-state index contributed by atoms with van der Waals surface area (Å²) in [4.78, 5) is 3.35. The van der Waals surface area contributed by atoms with Crippen LogP contribution in [0.15, 0.2) is 228 Å². The van der Waals surface area contributed by atoms with Crippen molar-refractivity contribution >= 4 is 119 Å². The number of hydrogen-bond donors (Lipinski definition) is 1. The van der Waals surface area contributed by atoms with Gasteiger partial charge in [0.1, 0.15) is 0 Å². The normalized spacial score (nSPS) is 11.0. The van der Waals surface area contributed by atoms with Crippen molar-refractivity contribution in [2.75, 3.05) is 0 Å². The number of benzene rings is 10. The van der Waals surface area contributed by atoms with Crippen LogP contribution in [-0.4, -0.2) is 9.55 Å². The molecule has 0 fully saturated rings. The second-order valence-electron chi connectivity index (χ2n) is 15.0. The smallest absolute Gasteiger partial charge is 0.0613 e. The Bertz CT molecular complexity index is 3360. The van der Waals surface area contributed by atoms with Crippen molar-refractivity contribution in [2.24, 2.45) is 0 Å². The van der Waals surface area contributed by atoms with Crippen molar-refractivity contribution < 1.29 is 0 Å². The van der Waals surface area contributed by atoms with Gasteiger partial charge in [0.05, 0.1) is 11.0 Å². The van der Waals surface area contributed by atoms with Gasteiger partial charge in [-0.15, -0.1) is 0 Å². The van der Waals surface area contributed by atoms with E-state index in [4.69, 9.17) is 0 Å². The minimum atomic E-state index is 0. The predicted molar refractivity (Wildman–Crippen MR) is 284 cm³/mol. The Morgan fingerprint density at radius 2 is 0.694 bits per heavy atom. The molecule has 12 rings (SSSR count). The van der Waals surface area contributed by atoms with Crippen LogP contribution >= 0.6 is 54.5 Å². The Labute approximate surface area is 392 Å². The number of nitrogens with one attached hydrogen (secondary N) is 1. The molecule has 0 aliphatic carbocycles. The Morgan fingerprint density at radius 1 is 0.355 bits per heavy atom. The topological polar surface area (TPSA) is 20.7 Å². The minimum absolute atomic E-state index is 0. The largest absolute Gasteiger partial charge is 0.361 e. The summed E-state index contributed by atoms with van der Waals surface area (Å²) in [6.45, 7) is 0. The molecule has 0 spiro atoms. The van der Waals surface area contributed by atoms with Crippen LogP contribution in [0.4, 0.5) is 0 Å². The second-order valence-corrected chi connectivity index (χ2v) is 18.0. The molecule has 2 heterocycles. The van der Waals surface area contributed by atoms with Crippen LogP contribution in [0.3, 0.4) is 0 Å². The summed E-state index contributed by atoms with van der Waals surface area (Å²) in [5, 5.41) is 13.1. The summed E-state index contributed by atoms with van der Waals surface area (Å²) >= 11 is 9.25. The van der Waals surface area contributed by atoms with Crippen LogP contribution in [0.1, 0.15) is 7.43 Å². The van der Waals surface area contributed by atoms with Gasteiger partial charge in [-0.05, 0) is 138 Å². The molecule has 62 heavy (non-hydrogen) atoms. The van der Waals surface area contributed by atoms with Gasteiger partial charge in [-0.3, -0.25) is 0 Å². The third-order valence-corrected chi connectivity index (χ3v) is 13.1. The highest BCUT2D eigenvalue weighted by Gasteiger charge is 2.13. The molecule has 0 unspecified atom stereocenters. The van der Waals surface area contributed by atoms with E-state index in [2.05, 4.69) is 276 Å². The lowest BCUT2D eigenvalue weighted by Gasteiger charge is -2.12. The molecule has 2 nitrogen and oxygen atoms in total. The van der Waals surface area contributed by atoms with Crippen molar-refractivity contribution in [3.63, 3.8) is 0 Å². The van der Waals surface area contributed by atoms with Crippen LogP contribution in [0, 0.1) is 3.57 Å². The number of aromatic nitrogens is 2. The van der Waals surface area contributed by atoms with Gasteiger partial charge < -0.3 is 9.55 Å². The van der Waals surface area contributed by atoms with E-state index in [9.17, 15) is 0 Å². The zero-order valence-corrected chi connectivity index (χ0v) is 38.2. The minimum Gasteiger partial charge on any atom is -0.361 e. The van der Waals surface area contributed by atoms with E-state index >= 15 is 0 Å². The Kier molecular flexibility index (Phi) is 12.1. The average molecular weight is 1040 g/mol. The lowest BCUT2D eigenvalue weighted by molar-refractivity contribution is 1.13. The molecule has 0 saturated heterocycles. The number of halogens is 3. The molecule has 0 aliphatic heterocycles. The van der Waals surface area contributed by atoms with Crippen molar-refractivity contribution in [1.82, 2.24) is 9.55 Å². The van der Waals surface area contributed by atoms with E-state index in [0.717, 1.165) is 8.95 Å². The lowest BCUT2D eigenvalue weighted by Crippen LogP contribution is -1.93. The maximum absolute atomic E-state index is 3.51. The van der Waals surface area contributed by atoms with Crippen LogP contribution in [0.25, 0.3) is 92.8 Å². The molecular formula is C57H41Br2IN2. The van der Waals surface area contributed by atoms with E-state index in [1.807, 2.05) is 6.20 Å². The highest BCUT2D eigenvalue weighted by molar-refractivity contribution is 14.1. The van der Waals surface area contributed by atoms with Gasteiger partial charge in [0.15, 0.2) is 0 Å². The van der Waals surface area contributed by atoms with E-state index in [1.165, 1.54) is 96.4 Å². The molecule has 0 aliphatic rings. The molecule has 1 N–H and O–H groups in total. The molecule has 0 atom stereocenters. The summed E-state index contributed by atoms with van der Waals surface area (Å²) < 4.78 is 5.80. The molecule has 0 amide bonds. The quantitative estimate of drug-likeness (QED) is 0.134. The first-order valence-corrected chi connectivity index (χ1v) is 22.8. The van der Waals surface area contributed by atoms with E-state index in [1.54, 1.807) is 0 Å². The summed E-state index contributed by atoms with van der Waals surface area (Å²) in [5.74, 6) is 0. The molecule has 10 aromatic carbocycles. The molecule has 5 heteroatoms. The molecule has 12 aromatic rings. The SMILES string of the molecule is Brc1ccc(-c2ccc(-n3ccc4c5ccccc5c5ccccc5c43)cc2)cc1.Brc1ccc(-c2ccc(I)cc2)cc1.C.c1ccc2c(c1)c1ccccc1c1[nH]ccc21. The summed E-state index contributed by atoms with van der Waals surface area (Å²) in [6.07, 6.45) is 4.21. The molecule has 0 saturated carbocycles. The van der Waals surface area contributed by atoms with E-state index in [-0.39, 0.29) is 7.43 Å². The zero-order chi connectivity index (χ0) is 41.3. The van der Waals surface area contributed by atoms with E-state index < -0.39 is 0 Å². The molecule has 0 radical (unpaired) electrons. The highest BCUT2D eigenvalue weighted by Crippen LogP contribution is 2.37. The zero-order valence-electron chi connectivity index (χ0n) is 32.9. The third-order valence-electron chi connectivity index (χ3n) is 11.4. The second kappa shape index (κ2) is 18.2. The fourth-order valence-electron chi connectivity index (χ4n) is 8.46. The first-order chi connectivity index (χ1) is 30.0. The lowest BCUT2D eigenvalue weighted by atomic mass is 9.98. The van der Waals surface area contributed by atoms with Crippen LogP contribution in [0.5, 0.6) is 0 Å². The predicted octanol–water partition coefficient (Wildman–Crippen LogP) is 18.2. The summed E-state index contributed by atoms with van der Waals surface area (Å²) in [7, 11) is 0. The number of nitrogens with zero attached hydrogens (tertiary/aromatic N) is 1. The van der Waals surface area contributed by atoms with Crippen molar-refractivity contribution in [3.05, 3.63) is 231 Å². The first-order valence-electron chi connectivity index (χ1n) is 20.1. The molecule has 300 valence electrons. The summed E-state index contributed by atoms with van der Waals surface area (Å²) in [6, 6.07) is 73.1. The summed E-state index contributed by atoms with van der Waals surface area (Å²) in [5.41, 5.74) is 8.63. The fourth-order valence-corrected chi connectivity index (χ4v) is 9.35. The standard InChI is InChI=1S/C28H18BrN.C16H11N.C12H8BrI.CH4/c29-21-13-9-19(10-14-21)20-11-15-22(16-12-20)30-18-17-27-25-7-2-1-5-23(25)24-6-3-4-8-26(24)28(27)30;1-2-7-13-11(5-1)12-6-3-4-8-14(12)16-15(13)9-10-17-16;13-11-5-1-9(2-6-11)10-3-7-12(14)8-4-10;/h1-18H;1-10,17H;1-8H;1H4. The van der Waals surface area contributed by atoms with Gasteiger partial charge in [0.25, 0.3) is 0 Å². The Hall–Kier alpha value is -5.99. The highest BCUT2D eigenvalue weighted by atomic mass is 127. The number of hydrogen-bond acceptors (Lipinski definition) is 0. The van der Waals surface area contributed by atoms with Gasteiger partial charge in [0.2, 0.25) is 0 Å². The van der Waals surface area contributed by atoms with Gasteiger partial charge in [-0.25, -0.2) is 0 Å². The molecular weight excluding hydrogens is 999 g/mol. The number of H-pyrrole nitrogens is 1.